The number of benzene rings is 2. The van der Waals surface area contributed by atoms with Gasteiger partial charge in [0.1, 0.15) is 19.0 Å². The second-order valence-corrected chi connectivity index (χ2v) is 5.29. The van der Waals surface area contributed by atoms with E-state index < -0.39 is 0 Å². The normalized spacial score (nSPS) is 14.0. The van der Waals surface area contributed by atoms with Crippen molar-refractivity contribution in [1.82, 2.24) is 5.32 Å². The molecule has 0 bridgehead atoms. The Balaban J connectivity index is 1.56. The highest BCUT2D eigenvalue weighted by atomic mass is 16.6. The Kier molecular flexibility index (Phi) is 4.66. The van der Waals surface area contributed by atoms with Gasteiger partial charge < -0.3 is 19.5 Å². The third-order valence-electron chi connectivity index (χ3n) is 3.56. The van der Waals surface area contributed by atoms with E-state index in [1.54, 1.807) is 0 Å². The van der Waals surface area contributed by atoms with E-state index in [9.17, 15) is 4.79 Å². The first kappa shape index (κ1) is 15.2. The van der Waals surface area contributed by atoms with Crippen LogP contribution in [-0.4, -0.2) is 25.7 Å². The van der Waals surface area contributed by atoms with Crippen molar-refractivity contribution in [2.75, 3.05) is 19.8 Å². The maximum atomic E-state index is 12.0. The highest BCUT2D eigenvalue weighted by Gasteiger charge is 2.16. The maximum Gasteiger partial charge on any atom is 0.258 e. The molecule has 1 amide bonds. The van der Waals surface area contributed by atoms with Crippen LogP contribution in [0.4, 0.5) is 0 Å². The van der Waals surface area contributed by atoms with Gasteiger partial charge in [-0.05, 0) is 36.8 Å². The summed E-state index contributed by atoms with van der Waals surface area (Å²) in [5.41, 5.74) is 0.960. The van der Waals surface area contributed by atoms with Gasteiger partial charge in [-0.1, -0.05) is 24.3 Å². The maximum absolute atomic E-state index is 12.0. The van der Waals surface area contributed by atoms with Crippen LogP contribution in [0.1, 0.15) is 18.5 Å². The summed E-state index contributed by atoms with van der Waals surface area (Å²) in [5.74, 6) is 1.96. The smallest absolute Gasteiger partial charge is 0.258 e. The summed E-state index contributed by atoms with van der Waals surface area (Å²) in [6.45, 7) is 3.02. The standard InChI is InChI=1S/C18H19NO4/c1-13(14-7-8-16-17(11-14)22-10-9-21-16)19-18(20)12-23-15-5-3-2-4-6-15/h2-8,11,13H,9-10,12H2,1H3,(H,19,20)/t13-/m0/s1. The molecular weight excluding hydrogens is 294 g/mol. The van der Waals surface area contributed by atoms with Crippen LogP contribution in [0, 0.1) is 0 Å². The number of rotatable bonds is 5. The van der Waals surface area contributed by atoms with E-state index in [4.69, 9.17) is 14.2 Å². The molecule has 2 aromatic rings. The quantitative estimate of drug-likeness (QED) is 0.922. The van der Waals surface area contributed by atoms with E-state index in [0.717, 1.165) is 17.1 Å². The van der Waals surface area contributed by atoms with Crippen LogP contribution in [0.25, 0.3) is 0 Å². The monoisotopic (exact) mass is 313 g/mol. The Morgan fingerprint density at radius 1 is 1.13 bits per heavy atom. The summed E-state index contributed by atoms with van der Waals surface area (Å²) in [7, 11) is 0. The average molecular weight is 313 g/mol. The van der Waals surface area contributed by atoms with E-state index in [-0.39, 0.29) is 18.6 Å². The first-order valence-corrected chi connectivity index (χ1v) is 7.59. The molecule has 0 unspecified atom stereocenters. The molecule has 5 nitrogen and oxygen atoms in total. The van der Waals surface area contributed by atoms with Crippen molar-refractivity contribution in [3.05, 3.63) is 54.1 Å². The minimum atomic E-state index is -0.170. The summed E-state index contributed by atoms with van der Waals surface area (Å²) in [6.07, 6.45) is 0. The Morgan fingerprint density at radius 2 is 1.87 bits per heavy atom. The fourth-order valence-corrected chi connectivity index (χ4v) is 2.36. The molecule has 120 valence electrons. The summed E-state index contributed by atoms with van der Waals surface area (Å²) >= 11 is 0. The third-order valence-corrected chi connectivity index (χ3v) is 3.56. The average Bonchev–Trinajstić information content (AvgIpc) is 2.60. The number of carbonyl (C=O) groups excluding carboxylic acids is 1. The van der Waals surface area contributed by atoms with Crippen LogP contribution < -0.4 is 19.5 Å². The van der Waals surface area contributed by atoms with Crippen LogP contribution >= 0.6 is 0 Å². The fourth-order valence-electron chi connectivity index (χ4n) is 2.36. The van der Waals surface area contributed by atoms with Gasteiger partial charge >= 0.3 is 0 Å². The first-order chi connectivity index (χ1) is 11.2. The Hall–Kier alpha value is -2.69. The number of amides is 1. The molecule has 0 radical (unpaired) electrons. The van der Waals surface area contributed by atoms with Crippen molar-refractivity contribution >= 4 is 5.91 Å². The summed E-state index contributed by atoms with van der Waals surface area (Å²) < 4.78 is 16.5. The molecule has 1 heterocycles. The van der Waals surface area contributed by atoms with Gasteiger partial charge in [-0.15, -0.1) is 0 Å². The molecule has 3 rings (SSSR count). The lowest BCUT2D eigenvalue weighted by molar-refractivity contribution is -0.123. The van der Waals surface area contributed by atoms with Gasteiger partial charge in [0.2, 0.25) is 0 Å². The van der Waals surface area contributed by atoms with Crippen LogP contribution in [0.2, 0.25) is 0 Å². The predicted molar refractivity (Wildman–Crippen MR) is 85.9 cm³/mol. The molecule has 23 heavy (non-hydrogen) atoms. The van der Waals surface area contributed by atoms with Gasteiger partial charge in [0, 0.05) is 0 Å². The minimum absolute atomic E-state index is 0.0150. The van der Waals surface area contributed by atoms with Crippen molar-refractivity contribution in [1.29, 1.82) is 0 Å². The summed E-state index contributed by atoms with van der Waals surface area (Å²) in [6, 6.07) is 14.8. The van der Waals surface area contributed by atoms with Gasteiger partial charge in [-0.25, -0.2) is 0 Å². The molecule has 0 aromatic heterocycles. The Bertz CT molecular complexity index is 672. The topological polar surface area (TPSA) is 56.8 Å². The van der Waals surface area contributed by atoms with E-state index in [2.05, 4.69) is 5.32 Å². The summed E-state index contributed by atoms with van der Waals surface area (Å²) in [4.78, 5) is 12.0. The molecule has 0 fully saturated rings. The number of fused-ring (bicyclic) bond motifs is 1. The molecule has 1 aliphatic heterocycles. The summed E-state index contributed by atoms with van der Waals surface area (Å²) in [5, 5.41) is 2.91. The second kappa shape index (κ2) is 7.05. The van der Waals surface area contributed by atoms with E-state index in [0.29, 0.717) is 19.0 Å². The Labute approximate surface area is 135 Å². The lowest BCUT2D eigenvalue weighted by atomic mass is 10.1. The number of hydrogen-bond donors (Lipinski definition) is 1. The molecular formula is C18H19NO4. The zero-order valence-electron chi connectivity index (χ0n) is 13.0. The number of nitrogens with one attached hydrogen (secondary N) is 1. The highest BCUT2D eigenvalue weighted by Crippen LogP contribution is 2.32. The predicted octanol–water partition coefficient (Wildman–Crippen LogP) is 2.71. The number of ether oxygens (including phenoxy) is 3. The van der Waals surface area contributed by atoms with Crippen molar-refractivity contribution in [2.45, 2.75) is 13.0 Å². The van der Waals surface area contributed by atoms with Crippen molar-refractivity contribution in [3.63, 3.8) is 0 Å². The molecule has 0 saturated carbocycles. The zero-order chi connectivity index (χ0) is 16.1. The van der Waals surface area contributed by atoms with Crippen LogP contribution in [0.3, 0.4) is 0 Å². The SMILES string of the molecule is C[C@H](NC(=O)COc1ccccc1)c1ccc2c(c1)OCCO2. The van der Waals surface area contributed by atoms with E-state index in [1.807, 2.05) is 55.5 Å². The van der Waals surface area contributed by atoms with Gasteiger partial charge in [0.15, 0.2) is 18.1 Å². The lowest BCUT2D eigenvalue weighted by Gasteiger charge is -2.21. The van der Waals surface area contributed by atoms with Crippen LogP contribution in [-0.2, 0) is 4.79 Å². The molecule has 0 aliphatic carbocycles. The van der Waals surface area contributed by atoms with Gasteiger partial charge in [0.05, 0.1) is 6.04 Å². The van der Waals surface area contributed by atoms with Crippen LogP contribution in [0.15, 0.2) is 48.5 Å². The Morgan fingerprint density at radius 3 is 2.65 bits per heavy atom. The number of hydrogen-bond acceptors (Lipinski definition) is 4. The van der Waals surface area contributed by atoms with Gasteiger partial charge in [-0.2, -0.15) is 0 Å². The van der Waals surface area contributed by atoms with E-state index in [1.165, 1.54) is 0 Å². The minimum Gasteiger partial charge on any atom is -0.486 e. The van der Waals surface area contributed by atoms with Crippen molar-refractivity contribution in [2.24, 2.45) is 0 Å². The first-order valence-electron chi connectivity index (χ1n) is 7.59. The van der Waals surface area contributed by atoms with Gasteiger partial charge in [-0.3, -0.25) is 4.79 Å². The molecule has 1 aliphatic rings. The molecule has 0 saturated heterocycles. The molecule has 1 N–H and O–H groups in total. The molecule has 0 spiro atoms. The molecule has 1 atom stereocenters. The number of para-hydroxylation sites is 1. The molecule has 2 aromatic carbocycles. The second-order valence-electron chi connectivity index (χ2n) is 5.29. The lowest BCUT2D eigenvalue weighted by Crippen LogP contribution is -2.31. The zero-order valence-corrected chi connectivity index (χ0v) is 13.0. The van der Waals surface area contributed by atoms with Gasteiger partial charge in [0.25, 0.3) is 5.91 Å². The van der Waals surface area contributed by atoms with Crippen LogP contribution in [0.5, 0.6) is 17.2 Å². The largest absolute Gasteiger partial charge is 0.486 e. The third kappa shape index (κ3) is 3.94. The van der Waals surface area contributed by atoms with Crippen molar-refractivity contribution < 1.29 is 19.0 Å². The number of carbonyl (C=O) groups is 1. The van der Waals surface area contributed by atoms with E-state index >= 15 is 0 Å². The fraction of sp³-hybridized carbons (Fsp3) is 0.278. The molecule has 5 heteroatoms. The highest BCUT2D eigenvalue weighted by molar-refractivity contribution is 5.78. The van der Waals surface area contributed by atoms with Crippen molar-refractivity contribution in [3.8, 4) is 17.2 Å².